The maximum atomic E-state index is 13.5. The SMILES string of the molecule is Cc1cccn2c(=O)c(/C=C3/SC(=S)N(Cc4ccc(F)cc4)C3=O)c(NC3CCCC3)nc12. The Hall–Kier alpha value is -3.04. The molecule has 2 aromatic heterocycles. The van der Waals surface area contributed by atoms with E-state index < -0.39 is 0 Å². The number of benzene rings is 1. The zero-order valence-corrected chi connectivity index (χ0v) is 20.2. The van der Waals surface area contributed by atoms with Crippen LogP contribution in [0.1, 0.15) is 42.4 Å². The first-order chi connectivity index (χ1) is 16.4. The number of anilines is 1. The highest BCUT2D eigenvalue weighted by Gasteiger charge is 2.33. The number of amides is 1. The van der Waals surface area contributed by atoms with Crippen LogP contribution in [0.25, 0.3) is 11.7 Å². The summed E-state index contributed by atoms with van der Waals surface area (Å²) in [5.41, 5.74) is 2.36. The number of halogens is 1. The van der Waals surface area contributed by atoms with Crippen LogP contribution >= 0.6 is 24.0 Å². The lowest BCUT2D eigenvalue weighted by atomic mass is 10.2. The van der Waals surface area contributed by atoms with Gasteiger partial charge in [-0.2, -0.15) is 0 Å². The third-order valence-electron chi connectivity index (χ3n) is 6.18. The second kappa shape index (κ2) is 9.31. The van der Waals surface area contributed by atoms with Crippen LogP contribution in [-0.4, -0.2) is 30.6 Å². The van der Waals surface area contributed by atoms with Gasteiger partial charge in [0.25, 0.3) is 11.5 Å². The first-order valence-corrected chi connectivity index (χ1v) is 12.4. The summed E-state index contributed by atoms with van der Waals surface area (Å²) >= 11 is 6.61. The molecule has 1 saturated heterocycles. The molecule has 1 saturated carbocycles. The molecule has 0 bridgehead atoms. The number of aryl methyl sites for hydroxylation is 1. The average molecular weight is 495 g/mol. The Morgan fingerprint density at radius 3 is 2.68 bits per heavy atom. The topological polar surface area (TPSA) is 66.7 Å². The van der Waals surface area contributed by atoms with Crippen molar-refractivity contribution in [2.45, 2.75) is 45.2 Å². The largest absolute Gasteiger partial charge is 0.367 e. The second-order valence-electron chi connectivity index (χ2n) is 8.58. The monoisotopic (exact) mass is 494 g/mol. The van der Waals surface area contributed by atoms with Crippen molar-refractivity contribution in [2.24, 2.45) is 0 Å². The summed E-state index contributed by atoms with van der Waals surface area (Å²) in [6.45, 7) is 2.16. The number of carbonyl (C=O) groups excluding carboxylic acids is 1. The number of hydrogen-bond acceptors (Lipinski definition) is 6. The summed E-state index contributed by atoms with van der Waals surface area (Å²) < 4.78 is 15.2. The highest BCUT2D eigenvalue weighted by Crippen LogP contribution is 2.34. The van der Waals surface area contributed by atoms with E-state index in [4.69, 9.17) is 17.2 Å². The van der Waals surface area contributed by atoms with Gasteiger partial charge in [-0.3, -0.25) is 18.9 Å². The van der Waals surface area contributed by atoms with Crippen LogP contribution in [-0.2, 0) is 11.3 Å². The first kappa shape index (κ1) is 22.7. The number of aromatic nitrogens is 2. The van der Waals surface area contributed by atoms with Crippen LogP contribution in [0.2, 0.25) is 0 Å². The molecule has 9 heteroatoms. The molecule has 174 valence electrons. The normalized spacial score (nSPS) is 17.9. The Balaban J connectivity index is 1.53. The maximum Gasteiger partial charge on any atom is 0.267 e. The molecule has 0 unspecified atom stereocenters. The molecule has 2 aliphatic rings. The van der Waals surface area contributed by atoms with Crippen LogP contribution < -0.4 is 10.9 Å². The molecule has 3 heterocycles. The van der Waals surface area contributed by atoms with Crippen LogP contribution in [0, 0.1) is 12.7 Å². The van der Waals surface area contributed by atoms with Gasteiger partial charge < -0.3 is 5.32 Å². The van der Waals surface area contributed by atoms with E-state index in [2.05, 4.69) is 5.32 Å². The highest BCUT2D eigenvalue weighted by atomic mass is 32.2. The van der Waals surface area contributed by atoms with Gasteiger partial charge in [-0.05, 0) is 55.2 Å². The zero-order chi connectivity index (χ0) is 23.8. The molecular weight excluding hydrogens is 471 g/mol. The summed E-state index contributed by atoms with van der Waals surface area (Å²) in [6, 6.07) is 9.94. The zero-order valence-electron chi connectivity index (χ0n) is 18.6. The van der Waals surface area contributed by atoms with Crippen molar-refractivity contribution in [1.82, 2.24) is 14.3 Å². The van der Waals surface area contributed by atoms with E-state index in [0.717, 1.165) is 48.6 Å². The number of carbonyl (C=O) groups is 1. The molecule has 5 rings (SSSR count). The number of fused-ring (bicyclic) bond motifs is 1. The fourth-order valence-electron chi connectivity index (χ4n) is 4.36. The standard InChI is InChI=1S/C25H23FN4O2S2/c1-15-5-4-12-29-22(15)28-21(27-18-6-2-3-7-18)19(23(29)31)13-20-24(32)30(25(33)34-20)14-16-8-10-17(26)11-9-16/h4-5,8-13,18,27H,2-3,6-7,14H2,1H3/b20-13+. The number of rotatable bonds is 5. The number of nitrogens with zero attached hydrogens (tertiary/aromatic N) is 3. The predicted octanol–water partition coefficient (Wildman–Crippen LogP) is 4.90. The molecular formula is C25H23FN4O2S2. The molecule has 0 spiro atoms. The molecule has 0 atom stereocenters. The molecule has 34 heavy (non-hydrogen) atoms. The lowest BCUT2D eigenvalue weighted by Crippen LogP contribution is -2.27. The van der Waals surface area contributed by atoms with Crippen LogP contribution in [0.4, 0.5) is 10.2 Å². The minimum Gasteiger partial charge on any atom is -0.367 e. The van der Waals surface area contributed by atoms with E-state index in [1.54, 1.807) is 30.5 Å². The van der Waals surface area contributed by atoms with Crippen molar-refractivity contribution in [3.05, 3.63) is 80.4 Å². The van der Waals surface area contributed by atoms with E-state index in [-0.39, 0.29) is 29.9 Å². The van der Waals surface area contributed by atoms with E-state index >= 15 is 0 Å². The summed E-state index contributed by atoms with van der Waals surface area (Å²) in [5, 5.41) is 3.45. The summed E-state index contributed by atoms with van der Waals surface area (Å²) in [4.78, 5) is 33.3. The van der Waals surface area contributed by atoms with Crippen LogP contribution in [0.3, 0.4) is 0 Å². The third-order valence-corrected chi connectivity index (χ3v) is 7.56. The fraction of sp³-hybridized carbons (Fsp3) is 0.280. The molecule has 1 aliphatic carbocycles. The smallest absolute Gasteiger partial charge is 0.267 e. The minimum absolute atomic E-state index is 0.238. The molecule has 3 aromatic rings. The number of pyridine rings is 1. The summed E-state index contributed by atoms with van der Waals surface area (Å²) in [5.74, 6) is -0.120. The average Bonchev–Trinajstić information content (AvgIpc) is 3.42. The van der Waals surface area contributed by atoms with Gasteiger partial charge in [-0.15, -0.1) is 0 Å². The van der Waals surface area contributed by atoms with Crippen LogP contribution in [0.5, 0.6) is 0 Å². The first-order valence-electron chi connectivity index (χ1n) is 11.2. The van der Waals surface area contributed by atoms with Gasteiger partial charge in [-0.25, -0.2) is 9.37 Å². The van der Waals surface area contributed by atoms with Crippen molar-refractivity contribution < 1.29 is 9.18 Å². The predicted molar refractivity (Wildman–Crippen MR) is 137 cm³/mol. The van der Waals surface area contributed by atoms with Crippen molar-refractivity contribution in [3.8, 4) is 0 Å². The van der Waals surface area contributed by atoms with Crippen molar-refractivity contribution in [1.29, 1.82) is 0 Å². The quantitative estimate of drug-likeness (QED) is 0.402. The molecule has 1 aliphatic heterocycles. The Kier molecular flexibility index (Phi) is 6.22. The van der Waals surface area contributed by atoms with Gasteiger partial charge in [-0.1, -0.05) is 55.0 Å². The van der Waals surface area contributed by atoms with Gasteiger partial charge >= 0.3 is 0 Å². The van der Waals surface area contributed by atoms with Gasteiger partial charge in [0.2, 0.25) is 0 Å². The highest BCUT2D eigenvalue weighted by molar-refractivity contribution is 8.26. The summed E-state index contributed by atoms with van der Waals surface area (Å²) in [6.07, 6.45) is 7.61. The molecule has 0 radical (unpaired) electrons. The lowest BCUT2D eigenvalue weighted by molar-refractivity contribution is -0.122. The number of nitrogens with one attached hydrogen (secondary N) is 1. The molecule has 2 fully saturated rings. The van der Waals surface area contributed by atoms with E-state index in [9.17, 15) is 14.0 Å². The van der Waals surface area contributed by atoms with Gasteiger partial charge in [0, 0.05) is 12.2 Å². The van der Waals surface area contributed by atoms with Crippen molar-refractivity contribution >= 4 is 51.7 Å². The molecule has 1 aromatic carbocycles. The maximum absolute atomic E-state index is 13.5. The van der Waals surface area contributed by atoms with Crippen molar-refractivity contribution in [2.75, 3.05) is 5.32 Å². The van der Waals surface area contributed by atoms with Crippen molar-refractivity contribution in [3.63, 3.8) is 0 Å². The number of hydrogen-bond donors (Lipinski definition) is 1. The number of thiocarbonyl (C=S) groups is 1. The lowest BCUT2D eigenvalue weighted by Gasteiger charge is -2.16. The van der Waals surface area contributed by atoms with E-state index in [0.29, 0.717) is 26.3 Å². The van der Waals surface area contributed by atoms with Gasteiger partial charge in [0.05, 0.1) is 17.0 Å². The Morgan fingerprint density at radius 1 is 1.21 bits per heavy atom. The Bertz CT molecular complexity index is 1380. The minimum atomic E-state index is -0.337. The van der Waals surface area contributed by atoms with Gasteiger partial charge in [0.15, 0.2) is 0 Å². The second-order valence-corrected chi connectivity index (χ2v) is 10.3. The summed E-state index contributed by atoms with van der Waals surface area (Å²) in [7, 11) is 0. The fourth-order valence-corrected chi connectivity index (χ4v) is 5.59. The van der Waals surface area contributed by atoms with Gasteiger partial charge in [0.1, 0.15) is 21.6 Å². The Morgan fingerprint density at radius 2 is 1.94 bits per heavy atom. The van der Waals surface area contributed by atoms with Crippen LogP contribution in [0.15, 0.2) is 52.3 Å². The number of thioether (sulfide) groups is 1. The third kappa shape index (κ3) is 4.37. The molecule has 6 nitrogen and oxygen atoms in total. The van der Waals surface area contributed by atoms with E-state index in [1.165, 1.54) is 21.4 Å². The molecule has 1 N–H and O–H groups in total. The Labute approximate surface area is 205 Å². The van der Waals surface area contributed by atoms with E-state index in [1.807, 2.05) is 13.0 Å². The molecule has 1 amide bonds.